The van der Waals surface area contributed by atoms with Gasteiger partial charge in [0, 0.05) is 6.54 Å². The average Bonchev–Trinajstić information content (AvgIpc) is 2.76. The third kappa shape index (κ3) is 4.21. The fraction of sp³-hybridized carbons (Fsp3) is 0.240. The van der Waals surface area contributed by atoms with E-state index in [9.17, 15) is 13.2 Å². The molecule has 1 heterocycles. The highest BCUT2D eigenvalue weighted by Gasteiger charge is 2.38. The highest BCUT2D eigenvalue weighted by Crippen LogP contribution is 2.38. The second-order valence-corrected chi connectivity index (χ2v) is 9.84. The van der Waals surface area contributed by atoms with E-state index in [0.717, 1.165) is 11.1 Å². The molecule has 1 atom stereocenters. The molecule has 4 rings (SSSR count). The number of para-hydroxylation sites is 2. The second-order valence-electron chi connectivity index (χ2n) is 8.04. The monoisotopic (exact) mass is 450 g/mol. The highest BCUT2D eigenvalue weighted by atomic mass is 32.2. The Morgan fingerprint density at radius 1 is 1.00 bits per heavy atom. The molecule has 0 unspecified atom stereocenters. The summed E-state index contributed by atoms with van der Waals surface area (Å²) < 4.78 is 34.8. The number of nitrogens with zero attached hydrogens (tertiary/aromatic N) is 1. The van der Waals surface area contributed by atoms with E-state index in [0.29, 0.717) is 29.1 Å². The van der Waals surface area contributed by atoms with Gasteiger partial charge in [-0.2, -0.15) is 0 Å². The van der Waals surface area contributed by atoms with Crippen molar-refractivity contribution in [2.45, 2.75) is 38.3 Å². The Balaban J connectivity index is 1.67. The lowest BCUT2D eigenvalue weighted by Crippen LogP contribution is -2.50. The average molecular weight is 451 g/mol. The SMILES string of the molecule is Cc1cc(C)c(S(=O)(=O)N2C[C@H](C(=O)NCc3ccccc3)Oc3ccccc32)c(C)c1. The highest BCUT2D eigenvalue weighted by molar-refractivity contribution is 7.93. The summed E-state index contributed by atoms with van der Waals surface area (Å²) in [5, 5.41) is 2.86. The predicted octanol–water partition coefficient (Wildman–Crippen LogP) is 3.88. The van der Waals surface area contributed by atoms with Crippen molar-refractivity contribution in [3.8, 4) is 5.75 Å². The minimum atomic E-state index is -3.91. The van der Waals surface area contributed by atoms with Crippen LogP contribution in [0, 0.1) is 20.8 Å². The number of carbonyl (C=O) groups is 1. The summed E-state index contributed by atoms with van der Waals surface area (Å²) in [4.78, 5) is 13.2. The van der Waals surface area contributed by atoms with E-state index in [-0.39, 0.29) is 17.3 Å². The summed E-state index contributed by atoms with van der Waals surface area (Å²) >= 11 is 0. The van der Waals surface area contributed by atoms with Crippen LogP contribution in [0.4, 0.5) is 5.69 Å². The van der Waals surface area contributed by atoms with Gasteiger partial charge in [0.25, 0.3) is 15.9 Å². The number of sulfonamides is 1. The summed E-state index contributed by atoms with van der Waals surface area (Å²) in [6.07, 6.45) is -0.963. The molecule has 0 saturated carbocycles. The molecule has 0 bridgehead atoms. The van der Waals surface area contributed by atoms with E-state index >= 15 is 0 Å². The van der Waals surface area contributed by atoms with Gasteiger partial charge in [0.05, 0.1) is 17.1 Å². The molecule has 1 amide bonds. The lowest BCUT2D eigenvalue weighted by molar-refractivity contribution is -0.127. The minimum Gasteiger partial charge on any atom is -0.476 e. The molecule has 3 aromatic rings. The van der Waals surface area contributed by atoms with Crippen LogP contribution in [-0.4, -0.2) is 27.0 Å². The molecule has 0 radical (unpaired) electrons. The Labute approximate surface area is 188 Å². The van der Waals surface area contributed by atoms with E-state index in [2.05, 4.69) is 5.32 Å². The van der Waals surface area contributed by atoms with Gasteiger partial charge in [0.1, 0.15) is 5.75 Å². The topological polar surface area (TPSA) is 75.7 Å². The molecule has 166 valence electrons. The molecule has 0 aliphatic carbocycles. The van der Waals surface area contributed by atoms with Crippen molar-refractivity contribution in [3.05, 3.63) is 89.0 Å². The molecule has 7 heteroatoms. The number of ether oxygens (including phenoxy) is 1. The number of benzene rings is 3. The van der Waals surface area contributed by atoms with Crippen LogP contribution >= 0.6 is 0 Å². The molecule has 0 saturated heterocycles. The van der Waals surface area contributed by atoms with Crippen molar-refractivity contribution >= 4 is 21.6 Å². The van der Waals surface area contributed by atoms with E-state index < -0.39 is 16.1 Å². The van der Waals surface area contributed by atoms with Gasteiger partial charge in [0.2, 0.25) is 0 Å². The quantitative estimate of drug-likeness (QED) is 0.640. The molecule has 0 aromatic heterocycles. The minimum absolute atomic E-state index is 0.104. The number of carbonyl (C=O) groups excluding carboxylic acids is 1. The number of anilines is 1. The molecular weight excluding hydrogens is 424 g/mol. The van der Waals surface area contributed by atoms with Crippen LogP contribution in [-0.2, 0) is 21.4 Å². The second kappa shape index (κ2) is 8.67. The smallest absolute Gasteiger partial charge is 0.265 e. The van der Waals surface area contributed by atoms with Gasteiger partial charge in [-0.25, -0.2) is 8.42 Å². The molecule has 1 N–H and O–H groups in total. The van der Waals surface area contributed by atoms with E-state index in [1.807, 2.05) is 49.4 Å². The first-order valence-electron chi connectivity index (χ1n) is 10.5. The standard InChI is InChI=1S/C25H26N2O4S/c1-17-13-18(2)24(19(3)14-17)32(29,30)27-16-23(31-22-12-8-7-11-21(22)27)25(28)26-15-20-9-5-4-6-10-20/h4-14,23H,15-16H2,1-3H3,(H,26,28)/t23-/m1/s1. The van der Waals surface area contributed by atoms with Crippen molar-refractivity contribution in [1.82, 2.24) is 5.32 Å². The first-order chi connectivity index (χ1) is 15.3. The van der Waals surface area contributed by atoms with Crippen molar-refractivity contribution in [1.29, 1.82) is 0 Å². The normalized spacial score (nSPS) is 15.6. The zero-order valence-electron chi connectivity index (χ0n) is 18.3. The summed E-state index contributed by atoms with van der Waals surface area (Å²) in [7, 11) is -3.91. The van der Waals surface area contributed by atoms with Crippen LogP contribution in [0.3, 0.4) is 0 Å². The maximum absolute atomic E-state index is 13.8. The molecule has 1 aliphatic heterocycles. The van der Waals surface area contributed by atoms with E-state index in [4.69, 9.17) is 4.74 Å². The van der Waals surface area contributed by atoms with Crippen molar-refractivity contribution in [3.63, 3.8) is 0 Å². The first kappa shape index (κ1) is 21.9. The van der Waals surface area contributed by atoms with Crippen LogP contribution in [0.25, 0.3) is 0 Å². The molecule has 1 aliphatic rings. The number of rotatable bonds is 5. The molecule has 3 aromatic carbocycles. The van der Waals surface area contributed by atoms with Crippen LogP contribution in [0.5, 0.6) is 5.75 Å². The first-order valence-corrected chi connectivity index (χ1v) is 11.9. The van der Waals surface area contributed by atoms with Gasteiger partial charge in [-0.3, -0.25) is 9.10 Å². The zero-order chi connectivity index (χ0) is 22.9. The largest absolute Gasteiger partial charge is 0.476 e. The van der Waals surface area contributed by atoms with Crippen LogP contribution < -0.4 is 14.4 Å². The molecule has 0 spiro atoms. The third-order valence-corrected chi connectivity index (χ3v) is 7.58. The summed E-state index contributed by atoms with van der Waals surface area (Å²) in [6, 6.07) is 20.1. The van der Waals surface area contributed by atoms with Crippen molar-refractivity contribution in [2.75, 3.05) is 10.8 Å². The fourth-order valence-corrected chi connectivity index (χ4v) is 6.04. The Hall–Kier alpha value is -3.32. The molecule has 32 heavy (non-hydrogen) atoms. The molecule has 6 nitrogen and oxygen atoms in total. The third-order valence-electron chi connectivity index (χ3n) is 5.49. The number of hydrogen-bond donors (Lipinski definition) is 1. The lowest BCUT2D eigenvalue weighted by atomic mass is 10.1. The van der Waals surface area contributed by atoms with E-state index in [1.54, 1.807) is 38.1 Å². The summed E-state index contributed by atoms with van der Waals surface area (Å²) in [5.41, 5.74) is 3.74. The Bertz CT molecular complexity index is 1230. The lowest BCUT2D eigenvalue weighted by Gasteiger charge is -2.35. The van der Waals surface area contributed by atoms with Crippen LogP contribution in [0.1, 0.15) is 22.3 Å². The Kier molecular flexibility index (Phi) is 5.93. The maximum Gasteiger partial charge on any atom is 0.265 e. The van der Waals surface area contributed by atoms with Crippen LogP contribution in [0.15, 0.2) is 71.6 Å². The van der Waals surface area contributed by atoms with Crippen molar-refractivity contribution < 1.29 is 17.9 Å². The Morgan fingerprint density at radius 2 is 1.62 bits per heavy atom. The maximum atomic E-state index is 13.8. The molecule has 0 fully saturated rings. The fourth-order valence-electron chi connectivity index (χ4n) is 4.15. The zero-order valence-corrected chi connectivity index (χ0v) is 19.1. The molecular formula is C25H26N2O4S. The predicted molar refractivity (Wildman–Crippen MR) is 124 cm³/mol. The number of hydrogen-bond acceptors (Lipinski definition) is 4. The number of nitrogens with one attached hydrogen (secondary N) is 1. The summed E-state index contributed by atoms with van der Waals surface area (Å²) in [5.74, 6) is 0.00510. The van der Waals surface area contributed by atoms with Crippen LogP contribution in [0.2, 0.25) is 0 Å². The Morgan fingerprint density at radius 3 is 2.31 bits per heavy atom. The summed E-state index contributed by atoms with van der Waals surface area (Å²) in [6.45, 7) is 5.76. The van der Waals surface area contributed by atoms with Gasteiger partial charge < -0.3 is 10.1 Å². The van der Waals surface area contributed by atoms with Gasteiger partial charge in [-0.1, -0.05) is 60.2 Å². The van der Waals surface area contributed by atoms with Gasteiger partial charge >= 0.3 is 0 Å². The number of fused-ring (bicyclic) bond motifs is 1. The van der Waals surface area contributed by atoms with Crippen molar-refractivity contribution in [2.24, 2.45) is 0 Å². The van der Waals surface area contributed by atoms with E-state index in [1.165, 1.54) is 4.31 Å². The van der Waals surface area contributed by atoms with Gasteiger partial charge in [-0.15, -0.1) is 0 Å². The van der Waals surface area contributed by atoms with Gasteiger partial charge in [-0.05, 0) is 49.6 Å². The van der Waals surface area contributed by atoms with Gasteiger partial charge in [0.15, 0.2) is 6.10 Å². The number of aryl methyl sites for hydroxylation is 3. The number of amides is 1.